The minimum absolute atomic E-state index is 0.149. The first-order valence-corrected chi connectivity index (χ1v) is 7.62. The average Bonchev–Trinajstić information content (AvgIpc) is 3.00. The lowest BCUT2D eigenvalue weighted by Crippen LogP contribution is -2.22. The van der Waals surface area contributed by atoms with Gasteiger partial charge in [-0.15, -0.1) is 11.3 Å². The first kappa shape index (κ1) is 14.5. The third-order valence-electron chi connectivity index (χ3n) is 2.78. The maximum Gasteiger partial charge on any atom is 0.271 e. The number of amides is 1. The molecule has 0 radical (unpaired) electrons. The van der Waals surface area contributed by atoms with Crippen molar-refractivity contribution in [3.63, 3.8) is 0 Å². The highest BCUT2D eigenvalue weighted by molar-refractivity contribution is 7.07. The third-order valence-corrected chi connectivity index (χ3v) is 3.37. The van der Waals surface area contributed by atoms with Gasteiger partial charge in [-0.05, 0) is 24.1 Å². The molecule has 0 saturated heterocycles. The number of unbranched alkanes of at least 4 members (excludes halogenated alkanes) is 1. The van der Waals surface area contributed by atoms with Gasteiger partial charge in [0.1, 0.15) is 11.4 Å². The Morgan fingerprint density at radius 1 is 1.45 bits per heavy atom. The number of hydrogen-bond acceptors (Lipinski definition) is 4. The fourth-order valence-electron chi connectivity index (χ4n) is 1.68. The summed E-state index contributed by atoms with van der Waals surface area (Å²) >= 11 is 1.41. The van der Waals surface area contributed by atoms with E-state index < -0.39 is 0 Å². The van der Waals surface area contributed by atoms with E-state index in [1.165, 1.54) is 11.3 Å². The zero-order valence-electron chi connectivity index (χ0n) is 11.5. The zero-order valence-corrected chi connectivity index (χ0v) is 12.3. The molecule has 1 aromatic carbocycles. The molecule has 0 unspecified atom stereocenters. The molecular formula is C15H18N2O2S. The van der Waals surface area contributed by atoms with Crippen molar-refractivity contribution in [1.82, 2.24) is 10.3 Å². The van der Waals surface area contributed by atoms with Gasteiger partial charge in [0.15, 0.2) is 0 Å². The van der Waals surface area contributed by atoms with Crippen LogP contribution < -0.4 is 10.1 Å². The highest BCUT2D eigenvalue weighted by atomic mass is 32.1. The van der Waals surface area contributed by atoms with Crippen LogP contribution in [0.4, 0.5) is 0 Å². The zero-order chi connectivity index (χ0) is 14.2. The van der Waals surface area contributed by atoms with Crippen molar-refractivity contribution in [3.05, 3.63) is 46.4 Å². The van der Waals surface area contributed by atoms with Crippen molar-refractivity contribution >= 4 is 17.2 Å². The van der Waals surface area contributed by atoms with E-state index in [1.807, 2.05) is 24.3 Å². The molecule has 1 N–H and O–H groups in total. The maximum atomic E-state index is 11.8. The highest BCUT2D eigenvalue weighted by Gasteiger charge is 2.07. The lowest BCUT2D eigenvalue weighted by molar-refractivity contribution is 0.0946. The standard InChI is InChI=1S/C15H18N2O2S/c1-2-3-7-19-13-6-4-5-12(8-13)9-16-15(18)14-10-20-11-17-14/h4-6,8,10-11H,2-3,7,9H2,1H3,(H,16,18). The number of rotatable bonds is 7. The van der Waals surface area contributed by atoms with Crippen molar-refractivity contribution < 1.29 is 9.53 Å². The maximum absolute atomic E-state index is 11.8. The average molecular weight is 290 g/mol. The van der Waals surface area contributed by atoms with Gasteiger partial charge in [0.2, 0.25) is 0 Å². The first-order chi connectivity index (χ1) is 9.79. The molecule has 106 valence electrons. The molecule has 1 amide bonds. The van der Waals surface area contributed by atoms with E-state index in [2.05, 4.69) is 17.2 Å². The van der Waals surface area contributed by atoms with Crippen LogP contribution in [0.5, 0.6) is 5.75 Å². The second-order valence-electron chi connectivity index (χ2n) is 4.41. The summed E-state index contributed by atoms with van der Waals surface area (Å²) in [6.07, 6.45) is 2.16. The fourth-order valence-corrected chi connectivity index (χ4v) is 2.21. The minimum Gasteiger partial charge on any atom is -0.494 e. The van der Waals surface area contributed by atoms with E-state index in [9.17, 15) is 4.79 Å². The predicted octanol–water partition coefficient (Wildman–Crippen LogP) is 3.25. The number of nitrogens with one attached hydrogen (secondary N) is 1. The number of nitrogens with zero attached hydrogens (tertiary/aromatic N) is 1. The molecular weight excluding hydrogens is 272 g/mol. The van der Waals surface area contributed by atoms with Gasteiger partial charge in [0, 0.05) is 11.9 Å². The molecule has 0 spiro atoms. The summed E-state index contributed by atoms with van der Waals surface area (Å²) in [6.45, 7) is 3.33. The smallest absolute Gasteiger partial charge is 0.271 e. The Kier molecular flexibility index (Phi) is 5.55. The Morgan fingerprint density at radius 3 is 3.10 bits per heavy atom. The number of thiazole rings is 1. The molecule has 2 rings (SSSR count). The topological polar surface area (TPSA) is 51.2 Å². The Labute approximate surface area is 122 Å². The number of carbonyl (C=O) groups excluding carboxylic acids is 1. The summed E-state index contributed by atoms with van der Waals surface area (Å²) in [4.78, 5) is 15.8. The number of carbonyl (C=O) groups is 1. The number of ether oxygens (including phenoxy) is 1. The Hall–Kier alpha value is -1.88. The second kappa shape index (κ2) is 7.65. The van der Waals surface area contributed by atoms with Crippen molar-refractivity contribution in [1.29, 1.82) is 0 Å². The molecule has 0 saturated carbocycles. The quantitative estimate of drug-likeness (QED) is 0.796. The number of aromatic nitrogens is 1. The molecule has 0 aliphatic heterocycles. The van der Waals surface area contributed by atoms with Crippen molar-refractivity contribution in [2.45, 2.75) is 26.3 Å². The molecule has 0 aliphatic rings. The molecule has 0 aliphatic carbocycles. The minimum atomic E-state index is -0.149. The monoisotopic (exact) mass is 290 g/mol. The van der Waals surface area contributed by atoms with Crippen molar-refractivity contribution in [2.24, 2.45) is 0 Å². The SMILES string of the molecule is CCCCOc1cccc(CNC(=O)c2cscn2)c1. The van der Waals surface area contributed by atoms with Crippen molar-refractivity contribution in [3.8, 4) is 5.75 Å². The molecule has 4 nitrogen and oxygen atoms in total. The third kappa shape index (κ3) is 4.35. The second-order valence-corrected chi connectivity index (χ2v) is 5.12. The predicted molar refractivity (Wildman–Crippen MR) is 80.1 cm³/mol. The summed E-state index contributed by atoms with van der Waals surface area (Å²) in [5, 5.41) is 4.58. The highest BCUT2D eigenvalue weighted by Crippen LogP contribution is 2.14. The molecule has 0 atom stereocenters. The fraction of sp³-hybridized carbons (Fsp3) is 0.333. The molecule has 1 aromatic heterocycles. The normalized spacial score (nSPS) is 10.2. The van der Waals surface area contributed by atoms with Crippen LogP contribution in [0.2, 0.25) is 0 Å². The van der Waals surface area contributed by atoms with Gasteiger partial charge in [-0.3, -0.25) is 4.79 Å². The molecule has 5 heteroatoms. The van der Waals surface area contributed by atoms with Crippen LogP contribution in [-0.4, -0.2) is 17.5 Å². The molecule has 1 heterocycles. The largest absolute Gasteiger partial charge is 0.494 e. The van der Waals surface area contributed by atoms with Crippen LogP contribution in [0.3, 0.4) is 0 Å². The Balaban J connectivity index is 1.86. The van der Waals surface area contributed by atoms with Gasteiger partial charge in [0.25, 0.3) is 5.91 Å². The van der Waals surface area contributed by atoms with E-state index in [4.69, 9.17) is 4.74 Å². The van der Waals surface area contributed by atoms with E-state index >= 15 is 0 Å². The Bertz CT molecular complexity index is 541. The summed E-state index contributed by atoms with van der Waals surface area (Å²) in [5.41, 5.74) is 3.13. The van der Waals surface area contributed by atoms with Gasteiger partial charge < -0.3 is 10.1 Å². The lowest BCUT2D eigenvalue weighted by atomic mass is 10.2. The lowest BCUT2D eigenvalue weighted by Gasteiger charge is -2.08. The van der Waals surface area contributed by atoms with Crippen LogP contribution in [-0.2, 0) is 6.54 Å². The van der Waals surface area contributed by atoms with E-state index in [-0.39, 0.29) is 5.91 Å². The van der Waals surface area contributed by atoms with Gasteiger partial charge in [-0.1, -0.05) is 25.5 Å². The van der Waals surface area contributed by atoms with E-state index in [0.29, 0.717) is 12.2 Å². The van der Waals surface area contributed by atoms with Gasteiger partial charge >= 0.3 is 0 Å². The van der Waals surface area contributed by atoms with Crippen molar-refractivity contribution in [2.75, 3.05) is 6.61 Å². The van der Waals surface area contributed by atoms with E-state index in [1.54, 1.807) is 10.9 Å². The van der Waals surface area contributed by atoms with Gasteiger partial charge in [-0.25, -0.2) is 4.98 Å². The van der Waals surface area contributed by atoms with Gasteiger partial charge in [-0.2, -0.15) is 0 Å². The molecule has 2 aromatic rings. The molecule has 0 bridgehead atoms. The van der Waals surface area contributed by atoms with Crippen LogP contribution in [0.1, 0.15) is 35.8 Å². The van der Waals surface area contributed by atoms with Crippen LogP contribution in [0.25, 0.3) is 0 Å². The van der Waals surface area contributed by atoms with Gasteiger partial charge in [0.05, 0.1) is 12.1 Å². The molecule has 0 fully saturated rings. The van der Waals surface area contributed by atoms with Crippen LogP contribution >= 0.6 is 11.3 Å². The first-order valence-electron chi connectivity index (χ1n) is 6.67. The Morgan fingerprint density at radius 2 is 2.35 bits per heavy atom. The molecule has 20 heavy (non-hydrogen) atoms. The number of benzene rings is 1. The summed E-state index contributed by atoms with van der Waals surface area (Å²) in [6, 6.07) is 7.79. The summed E-state index contributed by atoms with van der Waals surface area (Å²) < 4.78 is 5.64. The van der Waals surface area contributed by atoms with E-state index in [0.717, 1.165) is 30.8 Å². The summed E-state index contributed by atoms with van der Waals surface area (Å²) in [5.74, 6) is 0.697. The summed E-state index contributed by atoms with van der Waals surface area (Å²) in [7, 11) is 0. The van der Waals surface area contributed by atoms with Crippen LogP contribution in [0.15, 0.2) is 35.2 Å². The number of hydrogen-bond donors (Lipinski definition) is 1. The van der Waals surface area contributed by atoms with Crippen LogP contribution in [0, 0.1) is 0 Å².